The zero-order valence-corrected chi connectivity index (χ0v) is 8.12. The normalized spacial score (nSPS) is 13.5. The summed E-state index contributed by atoms with van der Waals surface area (Å²) in [6.45, 7) is 0. The highest BCUT2D eigenvalue weighted by Gasteiger charge is 2.14. The fourth-order valence-electron chi connectivity index (χ4n) is 2.11. The molecule has 72 valence electrons. The first-order valence-corrected chi connectivity index (χ1v) is 4.85. The van der Waals surface area contributed by atoms with Gasteiger partial charge >= 0.3 is 0 Å². The van der Waals surface area contributed by atoms with Crippen LogP contribution in [0.3, 0.4) is 0 Å². The molecule has 0 heterocycles. The number of hydrogen-bond acceptors (Lipinski definition) is 2. The highest BCUT2D eigenvalue weighted by atomic mass is 14.6. The molecule has 0 aromatic heterocycles. The van der Waals surface area contributed by atoms with Crippen molar-refractivity contribution in [2.24, 2.45) is 0 Å². The van der Waals surface area contributed by atoms with Crippen molar-refractivity contribution in [3.05, 3.63) is 47.5 Å². The molecule has 2 aromatic carbocycles. The second-order valence-electron chi connectivity index (χ2n) is 3.72. The average Bonchev–Trinajstić information content (AvgIpc) is 2.25. The van der Waals surface area contributed by atoms with Crippen LogP contribution < -0.4 is 5.73 Å². The zero-order valence-electron chi connectivity index (χ0n) is 8.12. The molecule has 2 aromatic rings. The van der Waals surface area contributed by atoms with Crippen LogP contribution in [-0.2, 0) is 0 Å². The second-order valence-corrected chi connectivity index (χ2v) is 3.72. The van der Waals surface area contributed by atoms with Crippen LogP contribution in [0.4, 0.5) is 5.69 Å². The molecular weight excluding hydrogens is 184 g/mol. The van der Waals surface area contributed by atoms with Crippen molar-refractivity contribution in [2.75, 3.05) is 5.73 Å². The van der Waals surface area contributed by atoms with Crippen molar-refractivity contribution in [3.8, 4) is 0 Å². The molecule has 15 heavy (non-hydrogen) atoms. The first-order valence-electron chi connectivity index (χ1n) is 4.85. The van der Waals surface area contributed by atoms with E-state index in [1.54, 1.807) is 6.08 Å². The largest absolute Gasteiger partial charge is 0.398 e. The van der Waals surface area contributed by atoms with E-state index in [0.717, 1.165) is 21.9 Å². The molecule has 0 fully saturated rings. The van der Waals surface area contributed by atoms with Gasteiger partial charge in [-0.3, -0.25) is 0 Å². The molecule has 3 rings (SSSR count). The number of allylic oxidation sites excluding steroid dienone is 1. The minimum Gasteiger partial charge on any atom is -0.398 e. The van der Waals surface area contributed by atoms with E-state index in [-0.39, 0.29) is 0 Å². The molecule has 0 saturated carbocycles. The topological polar surface area (TPSA) is 49.9 Å². The number of nitrogens with two attached hydrogens (primary N) is 1. The molecule has 2 nitrogen and oxygen atoms in total. The molecule has 1 aliphatic carbocycles. The molecular formula is C13H10N2. The van der Waals surface area contributed by atoms with Crippen LogP contribution in [0.5, 0.6) is 0 Å². The lowest BCUT2D eigenvalue weighted by Crippen LogP contribution is -2.05. The van der Waals surface area contributed by atoms with Gasteiger partial charge in [0.05, 0.1) is 5.71 Å². The molecule has 0 bridgehead atoms. The van der Waals surface area contributed by atoms with Gasteiger partial charge in [-0.05, 0) is 23.1 Å². The number of nitrogen functional groups attached to an aromatic ring is 1. The summed E-state index contributed by atoms with van der Waals surface area (Å²) in [5, 5.41) is 10.1. The lowest BCUT2D eigenvalue weighted by Gasteiger charge is -2.15. The van der Waals surface area contributed by atoms with Gasteiger partial charge < -0.3 is 11.1 Å². The summed E-state index contributed by atoms with van der Waals surface area (Å²) in [5.74, 6) is 0. The summed E-state index contributed by atoms with van der Waals surface area (Å²) in [7, 11) is 0. The first-order chi connectivity index (χ1) is 7.27. The highest BCUT2D eigenvalue weighted by Crippen LogP contribution is 2.31. The minimum atomic E-state index is 0.497. The van der Waals surface area contributed by atoms with Crippen LogP contribution in [0, 0.1) is 5.41 Å². The zero-order chi connectivity index (χ0) is 10.4. The third-order valence-electron chi connectivity index (χ3n) is 2.81. The van der Waals surface area contributed by atoms with Crippen molar-refractivity contribution in [1.82, 2.24) is 0 Å². The van der Waals surface area contributed by atoms with Gasteiger partial charge in [-0.15, -0.1) is 0 Å². The number of nitrogens with one attached hydrogen (secondary N) is 1. The summed E-state index contributed by atoms with van der Waals surface area (Å²) < 4.78 is 0. The molecule has 0 spiro atoms. The lowest BCUT2D eigenvalue weighted by molar-refractivity contribution is 1.50. The third-order valence-corrected chi connectivity index (χ3v) is 2.81. The van der Waals surface area contributed by atoms with Crippen LogP contribution in [-0.4, -0.2) is 5.71 Å². The molecule has 0 amide bonds. The fourth-order valence-corrected chi connectivity index (χ4v) is 2.11. The Morgan fingerprint density at radius 2 is 1.87 bits per heavy atom. The molecule has 2 heteroatoms. The van der Waals surface area contributed by atoms with Gasteiger partial charge in [-0.1, -0.05) is 30.3 Å². The van der Waals surface area contributed by atoms with Gasteiger partial charge in [0.25, 0.3) is 0 Å². The predicted octanol–water partition coefficient (Wildman–Crippen LogP) is 2.82. The molecule has 0 unspecified atom stereocenters. The van der Waals surface area contributed by atoms with Crippen LogP contribution in [0.25, 0.3) is 16.8 Å². The maximum atomic E-state index is 7.88. The lowest BCUT2D eigenvalue weighted by atomic mass is 9.91. The monoisotopic (exact) mass is 194 g/mol. The summed E-state index contributed by atoms with van der Waals surface area (Å²) in [6.07, 6.45) is 3.77. The van der Waals surface area contributed by atoms with Gasteiger partial charge in [0.2, 0.25) is 0 Å². The number of hydrogen-bond donors (Lipinski definition) is 2. The van der Waals surface area contributed by atoms with Crippen LogP contribution in [0.15, 0.2) is 36.4 Å². The third kappa shape index (κ3) is 1.02. The molecule has 0 radical (unpaired) electrons. The van der Waals surface area contributed by atoms with Gasteiger partial charge in [0.1, 0.15) is 0 Å². The van der Waals surface area contributed by atoms with E-state index >= 15 is 0 Å². The Bertz CT molecular complexity index is 609. The Kier molecular flexibility index (Phi) is 1.48. The summed E-state index contributed by atoms with van der Waals surface area (Å²) >= 11 is 0. The van der Waals surface area contributed by atoms with E-state index in [1.165, 1.54) is 0 Å². The molecule has 0 saturated heterocycles. The highest BCUT2D eigenvalue weighted by molar-refractivity contribution is 6.23. The molecule has 0 aliphatic heterocycles. The number of rotatable bonds is 0. The van der Waals surface area contributed by atoms with Crippen molar-refractivity contribution in [1.29, 1.82) is 5.41 Å². The minimum absolute atomic E-state index is 0.497. The van der Waals surface area contributed by atoms with Crippen molar-refractivity contribution in [2.45, 2.75) is 0 Å². The SMILES string of the molecule is N=C1C=Cc2cccc3ccc(N)c1c23. The quantitative estimate of drug-likeness (QED) is 0.622. The van der Waals surface area contributed by atoms with Gasteiger partial charge in [-0.2, -0.15) is 0 Å². The summed E-state index contributed by atoms with van der Waals surface area (Å²) in [6, 6.07) is 10.00. The average molecular weight is 194 g/mol. The first kappa shape index (κ1) is 8.24. The van der Waals surface area contributed by atoms with Crippen LogP contribution in [0.2, 0.25) is 0 Å². The predicted molar refractivity (Wildman–Crippen MR) is 64.2 cm³/mol. The van der Waals surface area contributed by atoms with Crippen LogP contribution >= 0.6 is 0 Å². The molecule has 3 N–H and O–H groups in total. The Morgan fingerprint density at radius 3 is 2.73 bits per heavy atom. The van der Waals surface area contributed by atoms with E-state index in [1.807, 2.05) is 36.4 Å². The summed E-state index contributed by atoms with van der Waals surface area (Å²) in [4.78, 5) is 0. The van der Waals surface area contributed by atoms with E-state index in [9.17, 15) is 0 Å². The Morgan fingerprint density at radius 1 is 1.00 bits per heavy atom. The van der Waals surface area contributed by atoms with Gasteiger partial charge in [0.15, 0.2) is 0 Å². The van der Waals surface area contributed by atoms with E-state index < -0.39 is 0 Å². The van der Waals surface area contributed by atoms with Crippen molar-refractivity contribution < 1.29 is 0 Å². The number of benzene rings is 2. The van der Waals surface area contributed by atoms with E-state index in [4.69, 9.17) is 11.1 Å². The van der Waals surface area contributed by atoms with Crippen molar-refractivity contribution >= 4 is 28.2 Å². The van der Waals surface area contributed by atoms with Gasteiger partial charge in [-0.25, -0.2) is 0 Å². The van der Waals surface area contributed by atoms with Gasteiger partial charge in [0, 0.05) is 16.6 Å². The maximum Gasteiger partial charge on any atom is 0.0639 e. The summed E-state index contributed by atoms with van der Waals surface area (Å²) in [5.41, 5.74) is 9.11. The Labute approximate surface area is 87.5 Å². The maximum absolute atomic E-state index is 7.88. The number of anilines is 1. The molecule has 1 aliphatic rings. The molecule has 0 atom stereocenters. The smallest absolute Gasteiger partial charge is 0.0639 e. The second kappa shape index (κ2) is 2.70. The van der Waals surface area contributed by atoms with Crippen LogP contribution in [0.1, 0.15) is 11.1 Å². The van der Waals surface area contributed by atoms with E-state index in [0.29, 0.717) is 11.4 Å². The standard InChI is InChI=1S/C13H10N2/c14-10-6-4-8-2-1-3-9-5-7-11(15)13(10)12(8)9/h1-7,14H,15H2. The Balaban J connectivity index is 2.60. The van der Waals surface area contributed by atoms with Crippen molar-refractivity contribution in [3.63, 3.8) is 0 Å². The fraction of sp³-hybridized carbons (Fsp3) is 0. The Hall–Kier alpha value is -2.09. The van der Waals surface area contributed by atoms with E-state index in [2.05, 4.69) is 0 Å².